The molecule has 0 fully saturated rings. The number of aromatic nitrogens is 2. The zero-order valence-electron chi connectivity index (χ0n) is 16.9. The van der Waals surface area contributed by atoms with E-state index in [2.05, 4.69) is 4.98 Å². The van der Waals surface area contributed by atoms with E-state index in [-0.39, 0.29) is 0 Å². The van der Waals surface area contributed by atoms with Crippen LogP contribution in [0.5, 0.6) is 5.75 Å². The van der Waals surface area contributed by atoms with E-state index in [1.807, 2.05) is 80.8 Å². The second-order valence-corrected chi connectivity index (χ2v) is 6.11. The van der Waals surface area contributed by atoms with Gasteiger partial charge in [-0.3, -0.25) is 0 Å². The molecule has 0 radical (unpaired) electrons. The molecule has 26 heavy (non-hydrogen) atoms. The molecule has 4 heteroatoms. The molecule has 0 atom stereocenters. The van der Waals surface area contributed by atoms with Gasteiger partial charge in [0.25, 0.3) is 0 Å². The van der Waals surface area contributed by atoms with E-state index in [0.717, 1.165) is 22.3 Å². The summed E-state index contributed by atoms with van der Waals surface area (Å²) in [6, 6.07) is 15.9. The number of hydrogen-bond donors (Lipinski definition) is 1. The second kappa shape index (κ2) is 10.6. The number of ether oxygens (including phenoxy) is 1. The van der Waals surface area contributed by atoms with Crippen LogP contribution in [0.3, 0.4) is 0 Å². The fraction of sp³-hybridized carbons (Fsp3) is 0.409. The second-order valence-electron chi connectivity index (χ2n) is 6.11. The fourth-order valence-corrected chi connectivity index (χ4v) is 2.42. The third-order valence-electron chi connectivity index (χ3n) is 3.40. The molecule has 0 amide bonds. The van der Waals surface area contributed by atoms with Crippen molar-refractivity contribution in [3.63, 3.8) is 0 Å². The van der Waals surface area contributed by atoms with E-state index in [4.69, 9.17) is 4.74 Å². The zero-order valence-corrected chi connectivity index (χ0v) is 16.9. The minimum absolute atomic E-state index is 0.508. The first-order chi connectivity index (χ1) is 12.5. The van der Waals surface area contributed by atoms with Crippen molar-refractivity contribution in [2.75, 3.05) is 0 Å². The standard InChI is InChI=1S/C18H20N2O2.2C2H6/c1-18(2,21)12-20-13-19-16-10-15(8-9-17(16)20)22-11-14-6-4-3-5-7-14;2*1-2/h3-10,13,21H,11-12H2,1-2H3;2*1-2H3. The topological polar surface area (TPSA) is 47.3 Å². The molecule has 0 saturated carbocycles. The third-order valence-corrected chi connectivity index (χ3v) is 3.40. The molecule has 4 nitrogen and oxygen atoms in total. The van der Waals surface area contributed by atoms with E-state index in [1.54, 1.807) is 20.2 Å². The van der Waals surface area contributed by atoms with Crippen LogP contribution in [-0.4, -0.2) is 20.3 Å². The minimum Gasteiger partial charge on any atom is -0.489 e. The maximum Gasteiger partial charge on any atom is 0.122 e. The Bertz CT molecular complexity index is 759. The van der Waals surface area contributed by atoms with Gasteiger partial charge in [0.2, 0.25) is 0 Å². The van der Waals surface area contributed by atoms with Crippen LogP contribution in [-0.2, 0) is 13.2 Å². The van der Waals surface area contributed by atoms with Crippen LogP contribution < -0.4 is 4.74 Å². The van der Waals surface area contributed by atoms with E-state index in [0.29, 0.717) is 13.2 Å². The van der Waals surface area contributed by atoms with Crippen LogP contribution in [0.1, 0.15) is 47.1 Å². The number of aliphatic hydroxyl groups is 1. The summed E-state index contributed by atoms with van der Waals surface area (Å²) in [4.78, 5) is 4.39. The molecule has 0 saturated heterocycles. The van der Waals surface area contributed by atoms with E-state index in [1.165, 1.54) is 0 Å². The Labute approximate surface area is 157 Å². The van der Waals surface area contributed by atoms with E-state index in [9.17, 15) is 5.11 Å². The van der Waals surface area contributed by atoms with Gasteiger partial charge < -0.3 is 14.4 Å². The Morgan fingerprint density at radius 2 is 1.65 bits per heavy atom. The molecular weight excluding hydrogens is 324 g/mol. The maximum atomic E-state index is 9.94. The van der Waals surface area contributed by atoms with Gasteiger partial charge in [0, 0.05) is 6.07 Å². The first-order valence-electron chi connectivity index (χ1n) is 9.35. The maximum absolute atomic E-state index is 9.94. The molecule has 2 aromatic carbocycles. The summed E-state index contributed by atoms with van der Waals surface area (Å²) in [7, 11) is 0. The molecule has 1 aromatic heterocycles. The smallest absolute Gasteiger partial charge is 0.122 e. The summed E-state index contributed by atoms with van der Waals surface area (Å²) in [6.45, 7) is 12.6. The van der Waals surface area contributed by atoms with Crippen LogP contribution in [0.4, 0.5) is 0 Å². The summed E-state index contributed by atoms with van der Waals surface area (Å²) >= 11 is 0. The Kier molecular flexibility index (Phi) is 8.86. The van der Waals surface area contributed by atoms with Gasteiger partial charge in [0.1, 0.15) is 12.4 Å². The van der Waals surface area contributed by atoms with Crippen molar-refractivity contribution in [3.05, 3.63) is 60.4 Å². The summed E-state index contributed by atoms with van der Waals surface area (Å²) < 4.78 is 7.77. The van der Waals surface area contributed by atoms with E-state index < -0.39 is 5.60 Å². The van der Waals surface area contributed by atoms with Crippen molar-refractivity contribution in [1.29, 1.82) is 0 Å². The molecule has 0 spiro atoms. The van der Waals surface area contributed by atoms with Crippen molar-refractivity contribution in [3.8, 4) is 5.75 Å². The Morgan fingerprint density at radius 1 is 1.00 bits per heavy atom. The van der Waals surface area contributed by atoms with Crippen molar-refractivity contribution in [2.45, 2.75) is 60.3 Å². The monoisotopic (exact) mass is 356 g/mol. The van der Waals surface area contributed by atoms with Crippen molar-refractivity contribution in [2.24, 2.45) is 0 Å². The number of benzene rings is 2. The van der Waals surface area contributed by atoms with Crippen LogP contribution in [0, 0.1) is 0 Å². The van der Waals surface area contributed by atoms with Crippen LogP contribution in [0.2, 0.25) is 0 Å². The predicted molar refractivity (Wildman–Crippen MR) is 110 cm³/mol. The first-order valence-corrected chi connectivity index (χ1v) is 9.35. The van der Waals surface area contributed by atoms with Gasteiger partial charge in [-0.25, -0.2) is 4.98 Å². The van der Waals surface area contributed by atoms with Crippen molar-refractivity contribution in [1.82, 2.24) is 9.55 Å². The van der Waals surface area contributed by atoms with Crippen molar-refractivity contribution < 1.29 is 9.84 Å². The zero-order chi connectivity index (χ0) is 19.6. The average molecular weight is 357 g/mol. The SMILES string of the molecule is CC.CC.CC(C)(O)Cn1cnc2cc(OCc3ccccc3)ccc21. The van der Waals surface area contributed by atoms with Gasteiger partial charge in [0.05, 0.1) is 29.5 Å². The number of hydrogen-bond acceptors (Lipinski definition) is 3. The molecule has 0 aliphatic carbocycles. The lowest BCUT2D eigenvalue weighted by atomic mass is 10.1. The molecule has 0 aliphatic rings. The summed E-state index contributed by atoms with van der Waals surface area (Å²) in [6.07, 6.45) is 1.75. The van der Waals surface area contributed by atoms with E-state index >= 15 is 0 Å². The molecule has 1 heterocycles. The lowest BCUT2D eigenvalue weighted by Crippen LogP contribution is -2.25. The Hall–Kier alpha value is -2.33. The van der Waals surface area contributed by atoms with Gasteiger partial charge in [0.15, 0.2) is 0 Å². The van der Waals surface area contributed by atoms with Gasteiger partial charge in [-0.15, -0.1) is 0 Å². The highest BCUT2D eigenvalue weighted by Gasteiger charge is 2.15. The highest BCUT2D eigenvalue weighted by atomic mass is 16.5. The van der Waals surface area contributed by atoms with Gasteiger partial charge in [-0.1, -0.05) is 58.0 Å². The number of rotatable bonds is 5. The molecule has 1 N–H and O–H groups in total. The highest BCUT2D eigenvalue weighted by Crippen LogP contribution is 2.22. The number of imidazole rings is 1. The Balaban J connectivity index is 0.000000791. The summed E-state index contributed by atoms with van der Waals surface area (Å²) in [5.74, 6) is 0.796. The molecular formula is C22H32N2O2. The number of fused-ring (bicyclic) bond motifs is 1. The largest absolute Gasteiger partial charge is 0.489 e. The molecule has 142 valence electrons. The van der Waals surface area contributed by atoms with Crippen LogP contribution in [0.15, 0.2) is 54.9 Å². The lowest BCUT2D eigenvalue weighted by Gasteiger charge is -2.18. The van der Waals surface area contributed by atoms with Gasteiger partial charge in [-0.05, 0) is 31.5 Å². The molecule has 0 bridgehead atoms. The average Bonchev–Trinajstić information content (AvgIpc) is 3.04. The first kappa shape index (κ1) is 21.7. The highest BCUT2D eigenvalue weighted by molar-refractivity contribution is 5.77. The molecule has 3 rings (SSSR count). The Morgan fingerprint density at radius 3 is 2.27 bits per heavy atom. The molecule has 0 aliphatic heterocycles. The normalized spacial score (nSPS) is 10.4. The minimum atomic E-state index is -0.768. The predicted octanol–water partition coefficient (Wildman–Crippen LogP) is 5.44. The molecule has 0 unspecified atom stereocenters. The molecule has 3 aromatic rings. The van der Waals surface area contributed by atoms with Gasteiger partial charge >= 0.3 is 0 Å². The van der Waals surface area contributed by atoms with Crippen LogP contribution in [0.25, 0.3) is 11.0 Å². The number of nitrogens with zero attached hydrogens (tertiary/aromatic N) is 2. The van der Waals surface area contributed by atoms with Gasteiger partial charge in [-0.2, -0.15) is 0 Å². The van der Waals surface area contributed by atoms with Crippen LogP contribution >= 0.6 is 0 Å². The summed E-state index contributed by atoms with van der Waals surface area (Å²) in [5.41, 5.74) is 2.23. The third kappa shape index (κ3) is 6.52. The quantitative estimate of drug-likeness (QED) is 0.662. The fourth-order valence-electron chi connectivity index (χ4n) is 2.42. The summed E-state index contributed by atoms with van der Waals surface area (Å²) in [5, 5.41) is 9.94. The van der Waals surface area contributed by atoms with Crippen molar-refractivity contribution >= 4 is 11.0 Å². The lowest BCUT2D eigenvalue weighted by molar-refractivity contribution is 0.0627.